The van der Waals surface area contributed by atoms with Crippen molar-refractivity contribution in [2.45, 2.75) is 17.9 Å². The lowest BCUT2D eigenvalue weighted by Gasteiger charge is -2.27. The highest BCUT2D eigenvalue weighted by Gasteiger charge is 2.25. The van der Waals surface area contributed by atoms with E-state index in [-0.39, 0.29) is 23.4 Å². The summed E-state index contributed by atoms with van der Waals surface area (Å²) in [5, 5.41) is 0. The molecule has 1 aromatic carbocycles. The molecular weight excluding hydrogens is 326 g/mol. The normalized spacial score (nSPS) is 12.8. The topological polar surface area (TPSA) is 70.6 Å². The summed E-state index contributed by atoms with van der Waals surface area (Å²) in [5.41, 5.74) is 0.939. The largest absolute Gasteiger partial charge is 0.338 e. The van der Waals surface area contributed by atoms with Crippen LogP contribution in [0, 0.1) is 0 Å². The Hall–Kier alpha value is -2.25. The van der Waals surface area contributed by atoms with Gasteiger partial charge in [-0.2, -0.15) is 4.31 Å². The molecule has 1 atom stereocenters. The van der Waals surface area contributed by atoms with E-state index in [1.54, 1.807) is 37.6 Å². The molecule has 0 saturated carbocycles. The van der Waals surface area contributed by atoms with Crippen LogP contribution in [0.1, 0.15) is 18.5 Å². The van der Waals surface area contributed by atoms with Crippen molar-refractivity contribution in [1.82, 2.24) is 14.2 Å². The van der Waals surface area contributed by atoms with Crippen molar-refractivity contribution in [2.75, 3.05) is 20.6 Å². The van der Waals surface area contributed by atoms with E-state index in [4.69, 9.17) is 0 Å². The third kappa shape index (κ3) is 3.98. The van der Waals surface area contributed by atoms with E-state index in [9.17, 15) is 13.2 Å². The lowest BCUT2D eigenvalue weighted by Crippen LogP contribution is -2.40. The molecule has 0 aliphatic heterocycles. The molecule has 1 amide bonds. The second-order valence-electron chi connectivity index (χ2n) is 5.54. The summed E-state index contributed by atoms with van der Waals surface area (Å²) in [5.74, 6) is -0.277. The Bertz CT molecular complexity index is 779. The van der Waals surface area contributed by atoms with Crippen LogP contribution < -0.4 is 0 Å². The summed E-state index contributed by atoms with van der Waals surface area (Å²) in [6.07, 6.45) is 3.33. The second-order valence-corrected chi connectivity index (χ2v) is 7.58. The number of carbonyl (C=O) groups is 1. The van der Waals surface area contributed by atoms with Crippen LogP contribution in [0.15, 0.2) is 59.8 Å². The molecule has 7 heteroatoms. The fourth-order valence-corrected chi connectivity index (χ4v) is 3.38. The Morgan fingerprint density at radius 2 is 1.67 bits per heavy atom. The van der Waals surface area contributed by atoms with Gasteiger partial charge in [-0.05, 0) is 36.8 Å². The van der Waals surface area contributed by atoms with Crippen LogP contribution in [0.4, 0.5) is 0 Å². The SMILES string of the molecule is C[C@@H](c1ccncc1)N(C)C(=O)CN(C)S(=O)(=O)c1ccccc1. The maximum absolute atomic E-state index is 12.5. The van der Waals surface area contributed by atoms with Crippen LogP contribution in [-0.2, 0) is 14.8 Å². The minimum absolute atomic E-state index is 0.171. The first-order valence-electron chi connectivity index (χ1n) is 7.51. The zero-order valence-corrected chi connectivity index (χ0v) is 14.8. The van der Waals surface area contributed by atoms with Crippen molar-refractivity contribution in [2.24, 2.45) is 0 Å². The molecular formula is C17H21N3O3S. The quantitative estimate of drug-likeness (QED) is 0.800. The van der Waals surface area contributed by atoms with Crippen LogP contribution >= 0.6 is 0 Å². The average molecular weight is 347 g/mol. The van der Waals surface area contributed by atoms with Crippen molar-refractivity contribution in [1.29, 1.82) is 0 Å². The van der Waals surface area contributed by atoms with Gasteiger partial charge in [0.25, 0.3) is 0 Å². The molecule has 0 fully saturated rings. The molecule has 2 rings (SSSR count). The molecule has 0 aliphatic rings. The zero-order chi connectivity index (χ0) is 17.7. The number of rotatable bonds is 6. The Morgan fingerprint density at radius 3 is 2.25 bits per heavy atom. The second kappa shape index (κ2) is 7.55. The molecule has 24 heavy (non-hydrogen) atoms. The predicted octanol–water partition coefficient (Wildman–Crippen LogP) is 1.92. The standard InChI is InChI=1S/C17H21N3O3S/c1-14(15-9-11-18-12-10-15)20(3)17(21)13-19(2)24(22,23)16-7-5-4-6-8-16/h4-12,14H,13H2,1-3H3/t14-/m0/s1. The molecule has 0 radical (unpaired) electrons. The maximum atomic E-state index is 12.5. The summed E-state index contributed by atoms with van der Waals surface area (Å²) in [4.78, 5) is 18.1. The summed E-state index contributed by atoms with van der Waals surface area (Å²) < 4.78 is 26.0. The van der Waals surface area contributed by atoms with Gasteiger partial charge in [0, 0.05) is 26.5 Å². The van der Waals surface area contributed by atoms with E-state index >= 15 is 0 Å². The lowest BCUT2D eigenvalue weighted by molar-refractivity contribution is -0.131. The minimum atomic E-state index is -3.68. The zero-order valence-electron chi connectivity index (χ0n) is 14.0. The highest BCUT2D eigenvalue weighted by atomic mass is 32.2. The number of sulfonamides is 1. The van der Waals surface area contributed by atoms with Crippen molar-refractivity contribution < 1.29 is 13.2 Å². The van der Waals surface area contributed by atoms with E-state index in [1.165, 1.54) is 24.1 Å². The van der Waals surface area contributed by atoms with Gasteiger partial charge in [0.1, 0.15) is 0 Å². The summed E-state index contributed by atoms with van der Waals surface area (Å²) in [7, 11) is -0.611. The third-order valence-electron chi connectivity index (χ3n) is 3.97. The molecule has 1 heterocycles. The lowest BCUT2D eigenvalue weighted by atomic mass is 10.1. The van der Waals surface area contributed by atoms with E-state index in [0.29, 0.717) is 0 Å². The van der Waals surface area contributed by atoms with Crippen LogP contribution in [-0.4, -0.2) is 49.2 Å². The summed E-state index contributed by atoms with van der Waals surface area (Å²) >= 11 is 0. The molecule has 0 spiro atoms. The number of amides is 1. The first-order valence-corrected chi connectivity index (χ1v) is 8.95. The molecule has 0 saturated heterocycles. The van der Waals surface area contributed by atoms with Gasteiger partial charge in [-0.1, -0.05) is 18.2 Å². The number of nitrogens with zero attached hydrogens (tertiary/aromatic N) is 3. The molecule has 0 aliphatic carbocycles. The first kappa shape index (κ1) is 18.1. The van der Waals surface area contributed by atoms with Crippen LogP contribution in [0.25, 0.3) is 0 Å². The fourth-order valence-electron chi connectivity index (χ4n) is 2.24. The molecule has 6 nitrogen and oxygen atoms in total. The Morgan fingerprint density at radius 1 is 1.08 bits per heavy atom. The van der Waals surface area contributed by atoms with Gasteiger partial charge in [-0.15, -0.1) is 0 Å². The highest BCUT2D eigenvalue weighted by molar-refractivity contribution is 7.89. The van der Waals surface area contributed by atoms with Crippen molar-refractivity contribution in [3.63, 3.8) is 0 Å². The van der Waals surface area contributed by atoms with Gasteiger partial charge in [-0.25, -0.2) is 8.42 Å². The maximum Gasteiger partial charge on any atom is 0.243 e. The number of hydrogen-bond donors (Lipinski definition) is 0. The van der Waals surface area contributed by atoms with E-state index in [1.807, 2.05) is 19.1 Å². The number of aromatic nitrogens is 1. The van der Waals surface area contributed by atoms with Crippen LogP contribution in [0.5, 0.6) is 0 Å². The van der Waals surface area contributed by atoms with Crippen LogP contribution in [0.2, 0.25) is 0 Å². The fraction of sp³-hybridized carbons (Fsp3) is 0.294. The van der Waals surface area contributed by atoms with Gasteiger partial charge >= 0.3 is 0 Å². The van der Waals surface area contributed by atoms with Gasteiger partial charge in [0.05, 0.1) is 17.5 Å². The number of likely N-dealkylation sites (N-methyl/N-ethyl adjacent to an activating group) is 2. The van der Waals surface area contributed by atoms with E-state index in [2.05, 4.69) is 4.98 Å². The predicted molar refractivity (Wildman–Crippen MR) is 91.7 cm³/mol. The van der Waals surface area contributed by atoms with E-state index < -0.39 is 10.0 Å². The summed E-state index contributed by atoms with van der Waals surface area (Å²) in [6, 6.07) is 11.6. The molecule has 128 valence electrons. The Balaban J connectivity index is 2.08. The molecule has 0 N–H and O–H groups in total. The highest BCUT2D eigenvalue weighted by Crippen LogP contribution is 2.19. The molecule has 0 bridgehead atoms. The van der Waals surface area contributed by atoms with Crippen molar-refractivity contribution >= 4 is 15.9 Å². The number of carbonyl (C=O) groups excluding carboxylic acids is 1. The number of hydrogen-bond acceptors (Lipinski definition) is 4. The van der Waals surface area contributed by atoms with Crippen molar-refractivity contribution in [3.8, 4) is 0 Å². The van der Waals surface area contributed by atoms with Gasteiger partial charge < -0.3 is 4.90 Å². The smallest absolute Gasteiger partial charge is 0.243 e. The molecule has 1 aromatic heterocycles. The number of benzene rings is 1. The molecule has 0 unspecified atom stereocenters. The Kier molecular flexibility index (Phi) is 5.69. The van der Waals surface area contributed by atoms with Gasteiger partial charge in [0.15, 0.2) is 0 Å². The van der Waals surface area contributed by atoms with Gasteiger partial charge in [-0.3, -0.25) is 9.78 Å². The number of pyridine rings is 1. The average Bonchev–Trinajstić information content (AvgIpc) is 2.61. The van der Waals surface area contributed by atoms with Gasteiger partial charge in [0.2, 0.25) is 15.9 Å². The monoisotopic (exact) mass is 347 g/mol. The summed E-state index contributed by atoms with van der Waals surface area (Å²) in [6.45, 7) is 1.67. The molecule has 2 aromatic rings. The van der Waals surface area contributed by atoms with Crippen molar-refractivity contribution in [3.05, 3.63) is 60.4 Å². The first-order chi connectivity index (χ1) is 11.3. The third-order valence-corrected chi connectivity index (χ3v) is 5.79. The Labute approximate surface area is 142 Å². The van der Waals surface area contributed by atoms with E-state index in [0.717, 1.165) is 9.87 Å². The minimum Gasteiger partial charge on any atom is -0.338 e. The van der Waals surface area contributed by atoms with Crippen LogP contribution in [0.3, 0.4) is 0 Å².